The Morgan fingerprint density at radius 1 is 1.07 bits per heavy atom. The van der Waals surface area contributed by atoms with Gasteiger partial charge in [-0.25, -0.2) is 13.1 Å². The molecular formula is C33H57NO8S. The molecule has 1 aliphatic carbocycles. The van der Waals surface area contributed by atoms with E-state index in [4.69, 9.17) is 18.9 Å². The largest absolute Gasteiger partial charge is 0.393 e. The Bertz CT molecular complexity index is 985. The molecule has 1 saturated carbocycles. The van der Waals surface area contributed by atoms with Gasteiger partial charge in [0.1, 0.15) is 0 Å². The first kappa shape index (κ1) is 36.2. The van der Waals surface area contributed by atoms with Crippen molar-refractivity contribution < 1.29 is 37.3 Å². The molecule has 2 N–H and O–H groups in total. The monoisotopic (exact) mass is 627 g/mol. The standard InChI is InChI=1S/C33H57NO8S/c1-5-6-21-33(2,3)29(42-32-18-12-14-23-40-32)20-19-26-25(15-9-7-8-10-16-30(36)34-43(4,37)38)27(35)24-28(26)41-31-17-11-13-22-39-31/h10,16,19-20,25-29,31-32,35H,5-9,11-15,17-18,21-24H2,1-4H3,(H,34,36)/t25-,26-,27+,28-,29-,31?,32?/m1/s1. The number of aliphatic hydroxyl groups is 1. The second-order valence-corrected chi connectivity index (χ2v) is 15.0. The molecule has 7 atom stereocenters. The van der Waals surface area contributed by atoms with Crippen molar-refractivity contribution in [1.82, 2.24) is 4.72 Å². The molecule has 0 spiro atoms. The molecule has 10 heteroatoms. The molecule has 3 fully saturated rings. The van der Waals surface area contributed by atoms with Crippen LogP contribution in [0.25, 0.3) is 0 Å². The molecule has 2 saturated heterocycles. The van der Waals surface area contributed by atoms with E-state index in [9.17, 15) is 18.3 Å². The Morgan fingerprint density at radius 3 is 2.40 bits per heavy atom. The number of carbonyl (C=O) groups is 1. The number of rotatable bonds is 17. The third-order valence-corrected chi connectivity index (χ3v) is 9.53. The molecule has 43 heavy (non-hydrogen) atoms. The van der Waals surface area contributed by atoms with Crippen LogP contribution in [0.2, 0.25) is 0 Å². The predicted molar refractivity (Wildman–Crippen MR) is 168 cm³/mol. The van der Waals surface area contributed by atoms with Gasteiger partial charge in [0.15, 0.2) is 12.6 Å². The summed E-state index contributed by atoms with van der Waals surface area (Å²) in [7, 11) is -3.57. The van der Waals surface area contributed by atoms with Gasteiger partial charge >= 0.3 is 0 Å². The molecule has 2 heterocycles. The Morgan fingerprint density at radius 2 is 1.77 bits per heavy atom. The van der Waals surface area contributed by atoms with Crippen LogP contribution in [0.15, 0.2) is 24.3 Å². The van der Waals surface area contributed by atoms with Crippen molar-refractivity contribution in [1.29, 1.82) is 0 Å². The third kappa shape index (κ3) is 12.9. The minimum atomic E-state index is -3.57. The summed E-state index contributed by atoms with van der Waals surface area (Å²) in [5.74, 6) is -0.578. The molecule has 0 bridgehead atoms. The molecule has 2 aliphatic heterocycles. The van der Waals surface area contributed by atoms with Crippen LogP contribution in [0.5, 0.6) is 0 Å². The predicted octanol–water partition coefficient (Wildman–Crippen LogP) is 5.77. The van der Waals surface area contributed by atoms with Crippen molar-refractivity contribution >= 4 is 15.9 Å². The summed E-state index contributed by atoms with van der Waals surface area (Å²) >= 11 is 0. The lowest BCUT2D eigenvalue weighted by Crippen LogP contribution is -2.37. The Kier molecular flexibility index (Phi) is 15.1. The van der Waals surface area contributed by atoms with Crippen LogP contribution in [-0.2, 0) is 33.8 Å². The van der Waals surface area contributed by atoms with Crippen molar-refractivity contribution in [3.05, 3.63) is 24.3 Å². The number of allylic oxidation sites excluding steroid dienone is 1. The highest BCUT2D eigenvalue weighted by atomic mass is 32.2. The molecule has 2 unspecified atom stereocenters. The average molecular weight is 628 g/mol. The van der Waals surface area contributed by atoms with Gasteiger partial charge in [-0.1, -0.05) is 58.3 Å². The molecule has 0 aromatic heterocycles. The smallest absolute Gasteiger partial charge is 0.257 e. The molecule has 9 nitrogen and oxygen atoms in total. The summed E-state index contributed by atoms with van der Waals surface area (Å²) in [6.45, 7) is 8.21. The lowest BCUT2D eigenvalue weighted by molar-refractivity contribution is -0.198. The number of hydrogen-bond acceptors (Lipinski definition) is 8. The highest BCUT2D eigenvalue weighted by Gasteiger charge is 2.43. The second-order valence-electron chi connectivity index (χ2n) is 13.3. The molecule has 1 amide bonds. The first-order chi connectivity index (χ1) is 20.5. The highest BCUT2D eigenvalue weighted by Crippen LogP contribution is 2.41. The van der Waals surface area contributed by atoms with Crippen molar-refractivity contribution in [2.45, 2.75) is 142 Å². The Labute approximate surface area is 260 Å². The van der Waals surface area contributed by atoms with Crippen molar-refractivity contribution in [2.75, 3.05) is 19.5 Å². The van der Waals surface area contributed by atoms with Crippen LogP contribution < -0.4 is 4.72 Å². The maximum absolute atomic E-state index is 11.7. The summed E-state index contributed by atoms with van der Waals surface area (Å²) in [5, 5.41) is 11.2. The minimum absolute atomic E-state index is 0.0250. The van der Waals surface area contributed by atoms with Crippen LogP contribution in [0.3, 0.4) is 0 Å². The molecule has 248 valence electrons. The fourth-order valence-corrected chi connectivity index (χ4v) is 6.87. The molecule has 0 radical (unpaired) electrons. The number of nitrogens with one attached hydrogen (secondary N) is 1. The summed E-state index contributed by atoms with van der Waals surface area (Å²) in [5.41, 5.74) is -0.0708. The van der Waals surface area contributed by atoms with E-state index in [0.29, 0.717) is 19.4 Å². The van der Waals surface area contributed by atoms with Crippen LogP contribution in [0, 0.1) is 17.3 Å². The summed E-state index contributed by atoms with van der Waals surface area (Å²) in [4.78, 5) is 11.7. The van der Waals surface area contributed by atoms with Crippen LogP contribution >= 0.6 is 0 Å². The second kappa shape index (κ2) is 18.0. The zero-order valence-corrected chi connectivity index (χ0v) is 27.7. The topological polar surface area (TPSA) is 120 Å². The number of sulfonamides is 1. The van der Waals surface area contributed by atoms with Crippen molar-refractivity contribution in [3.8, 4) is 0 Å². The van der Waals surface area contributed by atoms with Gasteiger partial charge in [-0.15, -0.1) is 0 Å². The lowest BCUT2D eigenvalue weighted by atomic mass is 9.80. The average Bonchev–Trinajstić information content (AvgIpc) is 3.24. The van der Waals surface area contributed by atoms with E-state index in [1.807, 2.05) is 4.72 Å². The van der Waals surface area contributed by atoms with Gasteiger partial charge in [0, 0.05) is 25.6 Å². The zero-order chi connectivity index (χ0) is 31.3. The first-order valence-corrected chi connectivity index (χ1v) is 18.5. The maximum atomic E-state index is 11.7. The SMILES string of the molecule is CCCCC(C)(C)[C@@H](C=C[C@@H]1[C@@H](CCCCC=CC(=O)NS(C)(=O)=O)[C@@H](O)C[C@H]1OC1CCCCO1)OC1CCCCO1. The van der Waals surface area contributed by atoms with Gasteiger partial charge in [0.05, 0.1) is 24.6 Å². The van der Waals surface area contributed by atoms with Crippen LogP contribution in [0.1, 0.15) is 111 Å². The maximum Gasteiger partial charge on any atom is 0.257 e. The van der Waals surface area contributed by atoms with E-state index in [1.165, 1.54) is 6.08 Å². The van der Waals surface area contributed by atoms with Crippen LogP contribution in [-0.4, -0.2) is 69.8 Å². The zero-order valence-electron chi connectivity index (χ0n) is 26.9. The third-order valence-electron chi connectivity index (χ3n) is 8.96. The molecular weight excluding hydrogens is 570 g/mol. The fourth-order valence-electron chi connectivity index (χ4n) is 6.44. The Balaban J connectivity index is 1.70. The van der Waals surface area contributed by atoms with E-state index >= 15 is 0 Å². The highest BCUT2D eigenvalue weighted by molar-refractivity contribution is 7.89. The minimum Gasteiger partial charge on any atom is -0.393 e. The number of amides is 1. The number of hydrogen-bond donors (Lipinski definition) is 2. The van der Waals surface area contributed by atoms with Gasteiger partial charge in [-0.05, 0) is 81.6 Å². The van der Waals surface area contributed by atoms with E-state index in [0.717, 1.165) is 89.9 Å². The Hall–Kier alpha value is -1.30. The number of aliphatic hydroxyl groups excluding tert-OH is 1. The van der Waals surface area contributed by atoms with E-state index in [-0.39, 0.29) is 42.0 Å². The van der Waals surface area contributed by atoms with Crippen molar-refractivity contribution in [2.24, 2.45) is 17.3 Å². The fraction of sp³-hybridized carbons (Fsp3) is 0.848. The summed E-state index contributed by atoms with van der Waals surface area (Å²) < 4.78 is 49.4. The van der Waals surface area contributed by atoms with Gasteiger partial charge in [0.25, 0.3) is 5.91 Å². The number of unbranched alkanes of at least 4 members (excludes halogenated alkanes) is 3. The lowest BCUT2D eigenvalue weighted by Gasteiger charge is -2.36. The number of carbonyl (C=O) groups excluding carboxylic acids is 1. The quantitative estimate of drug-likeness (QED) is 0.118. The molecule has 3 aliphatic rings. The van der Waals surface area contributed by atoms with E-state index in [2.05, 4.69) is 32.9 Å². The van der Waals surface area contributed by atoms with Gasteiger partial charge in [-0.2, -0.15) is 0 Å². The van der Waals surface area contributed by atoms with Gasteiger partial charge < -0.3 is 24.1 Å². The molecule has 0 aromatic carbocycles. The van der Waals surface area contributed by atoms with Crippen molar-refractivity contribution in [3.63, 3.8) is 0 Å². The molecule has 0 aromatic rings. The normalized spacial score (nSPS) is 29.8. The first-order valence-electron chi connectivity index (χ1n) is 16.6. The molecule has 3 rings (SSSR count). The van der Waals surface area contributed by atoms with Gasteiger partial charge in [-0.3, -0.25) is 4.79 Å². The van der Waals surface area contributed by atoms with Crippen LogP contribution in [0.4, 0.5) is 0 Å². The van der Waals surface area contributed by atoms with E-state index < -0.39 is 22.0 Å². The van der Waals surface area contributed by atoms with E-state index in [1.54, 1.807) is 6.08 Å². The van der Waals surface area contributed by atoms with Gasteiger partial charge in [0.2, 0.25) is 10.0 Å². The summed E-state index contributed by atoms with van der Waals surface area (Å²) in [6, 6.07) is 0. The number of ether oxygens (including phenoxy) is 4. The summed E-state index contributed by atoms with van der Waals surface area (Å²) in [6.07, 6.45) is 20.4.